The fraction of sp³-hybridized carbons (Fsp3) is 0.875. The molecule has 4 N–H and O–H groups in total. The van der Waals surface area contributed by atoms with E-state index in [2.05, 4.69) is 0 Å². The molecular formula is C8H16O5. The van der Waals surface area contributed by atoms with Gasteiger partial charge in [0.2, 0.25) is 0 Å². The van der Waals surface area contributed by atoms with Crippen molar-refractivity contribution in [2.45, 2.75) is 31.5 Å². The first kappa shape index (κ1) is 12.5. The van der Waals surface area contributed by atoms with Crippen molar-refractivity contribution < 1.29 is 25.2 Å². The van der Waals surface area contributed by atoms with Crippen LogP contribution in [0.25, 0.3) is 0 Å². The lowest BCUT2D eigenvalue weighted by Crippen LogP contribution is -2.34. The summed E-state index contributed by atoms with van der Waals surface area (Å²) >= 11 is 0. The highest BCUT2D eigenvalue weighted by molar-refractivity contribution is 5.86. The molecular weight excluding hydrogens is 176 g/mol. The third-order valence-corrected chi connectivity index (χ3v) is 1.72. The molecule has 78 valence electrons. The highest BCUT2D eigenvalue weighted by Crippen LogP contribution is 2.03. The molecule has 2 atom stereocenters. The Hall–Kier alpha value is -0.490. The summed E-state index contributed by atoms with van der Waals surface area (Å²) < 4.78 is 0. The zero-order chi connectivity index (χ0) is 10.3. The molecule has 0 aliphatic rings. The molecule has 2 unspecified atom stereocenters. The van der Waals surface area contributed by atoms with Crippen LogP contribution in [-0.2, 0) is 4.79 Å². The number of rotatable bonds is 7. The molecule has 0 aromatic carbocycles. The third kappa shape index (κ3) is 4.94. The fourth-order valence-corrected chi connectivity index (χ4v) is 0.904. The Morgan fingerprint density at radius 2 is 1.69 bits per heavy atom. The number of carbonyl (C=O) groups is 1. The number of hydrogen-bond acceptors (Lipinski definition) is 5. The molecule has 0 bridgehead atoms. The van der Waals surface area contributed by atoms with Crippen molar-refractivity contribution >= 4 is 5.78 Å². The Morgan fingerprint density at radius 3 is 2.15 bits per heavy atom. The van der Waals surface area contributed by atoms with Gasteiger partial charge in [-0.15, -0.1) is 0 Å². The molecule has 5 nitrogen and oxygen atoms in total. The number of unbranched alkanes of at least 4 members (excludes halogenated alkanes) is 1. The van der Waals surface area contributed by atoms with Gasteiger partial charge in [0.25, 0.3) is 0 Å². The maximum Gasteiger partial charge on any atom is 0.191 e. The van der Waals surface area contributed by atoms with Crippen LogP contribution in [0.1, 0.15) is 19.3 Å². The van der Waals surface area contributed by atoms with E-state index >= 15 is 0 Å². The van der Waals surface area contributed by atoms with Crippen molar-refractivity contribution in [3.63, 3.8) is 0 Å². The first-order chi connectivity index (χ1) is 6.13. The van der Waals surface area contributed by atoms with Gasteiger partial charge in [0.05, 0.1) is 6.61 Å². The highest BCUT2D eigenvalue weighted by Gasteiger charge is 2.21. The van der Waals surface area contributed by atoms with Gasteiger partial charge in [-0.2, -0.15) is 0 Å². The predicted octanol–water partition coefficient (Wildman–Crippen LogP) is -1.57. The summed E-state index contributed by atoms with van der Waals surface area (Å²) in [6, 6.07) is 0. The topological polar surface area (TPSA) is 98.0 Å². The summed E-state index contributed by atoms with van der Waals surface area (Å²) in [5, 5.41) is 34.8. The maximum atomic E-state index is 10.9. The number of aliphatic hydroxyl groups excluding tert-OH is 4. The van der Waals surface area contributed by atoms with E-state index in [0.29, 0.717) is 12.8 Å². The molecule has 0 radical (unpaired) electrons. The fourth-order valence-electron chi connectivity index (χ4n) is 0.904. The lowest BCUT2D eigenvalue weighted by atomic mass is 10.0. The van der Waals surface area contributed by atoms with Crippen molar-refractivity contribution in [3.05, 3.63) is 0 Å². The molecule has 0 spiro atoms. The van der Waals surface area contributed by atoms with Gasteiger partial charge in [0.15, 0.2) is 5.78 Å². The van der Waals surface area contributed by atoms with Crippen LogP contribution >= 0.6 is 0 Å². The Labute approximate surface area is 76.6 Å². The molecule has 0 rings (SSSR count). The van der Waals surface area contributed by atoms with Gasteiger partial charge in [0, 0.05) is 6.61 Å². The van der Waals surface area contributed by atoms with Gasteiger partial charge in [-0.3, -0.25) is 4.79 Å². The number of hydrogen-bond donors (Lipinski definition) is 4. The average Bonchev–Trinajstić information content (AvgIpc) is 2.15. The normalized spacial score (nSPS) is 15.4. The second-order valence-electron chi connectivity index (χ2n) is 2.84. The largest absolute Gasteiger partial charge is 0.396 e. The number of carbonyl (C=O) groups excluding carboxylic acids is 1. The summed E-state index contributed by atoms with van der Waals surface area (Å²) in [4.78, 5) is 10.9. The monoisotopic (exact) mass is 192 g/mol. The zero-order valence-electron chi connectivity index (χ0n) is 7.39. The Kier molecular flexibility index (Phi) is 6.70. The molecule has 0 aliphatic heterocycles. The summed E-state index contributed by atoms with van der Waals surface area (Å²) in [5.41, 5.74) is 0. The van der Waals surface area contributed by atoms with Crippen LogP contribution in [0.5, 0.6) is 0 Å². The van der Waals surface area contributed by atoms with Crippen LogP contribution in [0.15, 0.2) is 0 Å². The van der Waals surface area contributed by atoms with Crippen LogP contribution in [0.4, 0.5) is 0 Å². The van der Waals surface area contributed by atoms with Gasteiger partial charge in [-0.05, 0) is 19.3 Å². The molecule has 0 saturated carbocycles. The number of Topliss-reactive ketones (excluding diaryl/α,β-unsaturated/α-hetero) is 1. The van der Waals surface area contributed by atoms with Crippen LogP contribution in [0, 0.1) is 0 Å². The first-order valence-electron chi connectivity index (χ1n) is 4.25. The average molecular weight is 192 g/mol. The number of aliphatic hydroxyl groups is 4. The standard InChI is InChI=1S/C8H16O5/c9-4-2-1-3-6(11)8(13)7(12)5-10/h6-7,9-12H,1-5H2. The van der Waals surface area contributed by atoms with Crippen LogP contribution in [-0.4, -0.2) is 51.6 Å². The molecule has 13 heavy (non-hydrogen) atoms. The van der Waals surface area contributed by atoms with Gasteiger partial charge in [-0.25, -0.2) is 0 Å². The zero-order valence-corrected chi connectivity index (χ0v) is 7.39. The molecule has 0 aromatic rings. The van der Waals surface area contributed by atoms with Crippen molar-refractivity contribution in [3.8, 4) is 0 Å². The quantitative estimate of drug-likeness (QED) is 0.365. The minimum atomic E-state index is -1.50. The second-order valence-corrected chi connectivity index (χ2v) is 2.84. The van der Waals surface area contributed by atoms with Crippen molar-refractivity contribution in [2.24, 2.45) is 0 Å². The summed E-state index contributed by atoms with van der Waals surface area (Å²) in [5.74, 6) is -0.763. The minimum Gasteiger partial charge on any atom is -0.396 e. The Morgan fingerprint density at radius 1 is 1.08 bits per heavy atom. The third-order valence-electron chi connectivity index (χ3n) is 1.72. The number of ketones is 1. The SMILES string of the molecule is O=C(C(O)CO)C(O)CCCCO. The van der Waals surface area contributed by atoms with E-state index in [1.807, 2.05) is 0 Å². The Bertz CT molecular complexity index is 147. The molecule has 5 heteroatoms. The maximum absolute atomic E-state index is 10.9. The molecule has 0 saturated heterocycles. The van der Waals surface area contributed by atoms with E-state index in [1.165, 1.54) is 0 Å². The molecule has 0 amide bonds. The predicted molar refractivity (Wildman–Crippen MR) is 45.0 cm³/mol. The van der Waals surface area contributed by atoms with Gasteiger partial charge < -0.3 is 20.4 Å². The Balaban J connectivity index is 3.69. The van der Waals surface area contributed by atoms with E-state index in [4.69, 9.17) is 20.4 Å². The minimum absolute atomic E-state index is 0.0173. The van der Waals surface area contributed by atoms with Gasteiger partial charge in [0.1, 0.15) is 12.2 Å². The highest BCUT2D eigenvalue weighted by atomic mass is 16.3. The summed E-state index contributed by atoms with van der Waals surface area (Å²) in [6.45, 7) is -0.653. The van der Waals surface area contributed by atoms with E-state index in [1.54, 1.807) is 0 Å². The molecule has 0 aromatic heterocycles. The summed E-state index contributed by atoms with van der Waals surface area (Å²) in [7, 11) is 0. The van der Waals surface area contributed by atoms with Crippen LogP contribution < -0.4 is 0 Å². The van der Waals surface area contributed by atoms with Gasteiger partial charge in [-0.1, -0.05) is 0 Å². The van der Waals surface area contributed by atoms with E-state index in [0.717, 1.165) is 0 Å². The van der Waals surface area contributed by atoms with E-state index in [9.17, 15) is 4.79 Å². The lowest BCUT2D eigenvalue weighted by Gasteiger charge is -2.11. The molecule has 0 fully saturated rings. The van der Waals surface area contributed by atoms with Crippen molar-refractivity contribution in [1.82, 2.24) is 0 Å². The van der Waals surface area contributed by atoms with Crippen LogP contribution in [0.2, 0.25) is 0 Å². The first-order valence-corrected chi connectivity index (χ1v) is 4.25. The molecule has 0 heterocycles. The van der Waals surface area contributed by atoms with Crippen LogP contribution in [0.3, 0.4) is 0 Å². The van der Waals surface area contributed by atoms with E-state index in [-0.39, 0.29) is 13.0 Å². The van der Waals surface area contributed by atoms with Gasteiger partial charge >= 0.3 is 0 Å². The van der Waals surface area contributed by atoms with E-state index < -0.39 is 24.6 Å². The lowest BCUT2D eigenvalue weighted by molar-refractivity contribution is -0.137. The van der Waals surface area contributed by atoms with Crippen molar-refractivity contribution in [1.29, 1.82) is 0 Å². The summed E-state index contributed by atoms with van der Waals surface area (Å²) in [6.07, 6.45) is -1.50. The smallest absolute Gasteiger partial charge is 0.191 e. The second kappa shape index (κ2) is 6.97. The molecule has 0 aliphatic carbocycles. The van der Waals surface area contributed by atoms with Crippen molar-refractivity contribution in [2.75, 3.05) is 13.2 Å².